The molecule has 2 rings (SSSR count). The highest BCUT2D eigenvalue weighted by Gasteiger charge is 2.16. The molecular weight excluding hydrogens is 328 g/mol. The van der Waals surface area contributed by atoms with Crippen LogP contribution in [-0.4, -0.2) is 24.1 Å². The van der Waals surface area contributed by atoms with E-state index in [-0.39, 0.29) is 5.91 Å². The average molecular weight is 349 g/mol. The number of hydrogen-bond acceptors (Lipinski definition) is 4. The van der Waals surface area contributed by atoms with Crippen LogP contribution in [0.15, 0.2) is 36.7 Å². The van der Waals surface area contributed by atoms with Gasteiger partial charge < -0.3 is 14.8 Å². The molecule has 128 valence electrons. The number of carbonyl (C=O) groups excluding carboxylic acids is 1. The summed E-state index contributed by atoms with van der Waals surface area (Å²) in [5.41, 5.74) is 1.07. The first kappa shape index (κ1) is 18.1. The fourth-order valence-electron chi connectivity index (χ4n) is 2.06. The lowest BCUT2D eigenvalue weighted by atomic mass is 10.1. The van der Waals surface area contributed by atoms with Crippen LogP contribution in [0.3, 0.4) is 0 Å². The molecule has 0 aliphatic heterocycles. The Hall–Kier alpha value is -2.27. The van der Waals surface area contributed by atoms with Crippen molar-refractivity contribution in [2.45, 2.75) is 26.7 Å². The van der Waals surface area contributed by atoms with Gasteiger partial charge in [-0.3, -0.25) is 9.78 Å². The first-order chi connectivity index (χ1) is 11.7. The number of anilines is 1. The molecular formula is C18H21ClN2O3. The lowest BCUT2D eigenvalue weighted by Gasteiger charge is -2.15. The molecule has 24 heavy (non-hydrogen) atoms. The molecule has 0 aliphatic carbocycles. The Kier molecular flexibility index (Phi) is 6.88. The maximum Gasteiger partial charge on any atom is 0.255 e. The number of benzene rings is 1. The molecule has 1 amide bonds. The van der Waals surface area contributed by atoms with Crippen molar-refractivity contribution in [1.82, 2.24) is 4.98 Å². The smallest absolute Gasteiger partial charge is 0.255 e. The van der Waals surface area contributed by atoms with Crippen molar-refractivity contribution in [3.05, 3.63) is 47.2 Å². The van der Waals surface area contributed by atoms with E-state index < -0.39 is 0 Å². The van der Waals surface area contributed by atoms with Crippen LogP contribution in [0, 0.1) is 0 Å². The van der Waals surface area contributed by atoms with Gasteiger partial charge in [-0.1, -0.05) is 24.9 Å². The van der Waals surface area contributed by atoms with E-state index in [0.717, 1.165) is 12.8 Å². The number of nitrogens with zero attached hydrogens (tertiary/aromatic N) is 1. The number of carbonyl (C=O) groups is 1. The Balaban J connectivity index is 2.22. The molecule has 1 heterocycles. The number of aromatic nitrogens is 1. The Morgan fingerprint density at radius 1 is 1.21 bits per heavy atom. The molecule has 0 atom stereocenters. The average Bonchev–Trinajstić information content (AvgIpc) is 2.58. The van der Waals surface area contributed by atoms with Crippen LogP contribution in [-0.2, 0) is 0 Å². The maximum absolute atomic E-state index is 12.4. The zero-order valence-corrected chi connectivity index (χ0v) is 14.6. The molecule has 0 saturated carbocycles. The van der Waals surface area contributed by atoms with E-state index in [0.29, 0.717) is 41.0 Å². The molecule has 1 aromatic carbocycles. The standard InChI is InChI=1S/C18H21ClN2O3/c1-3-5-10-24-17-15(19)11-13(12-16(17)23-4-2)18(22)21-14-6-8-20-9-7-14/h6-9,11-12H,3-5,10H2,1-2H3,(H,20,21,22). The van der Waals surface area contributed by atoms with Crippen molar-refractivity contribution < 1.29 is 14.3 Å². The highest BCUT2D eigenvalue weighted by molar-refractivity contribution is 6.32. The van der Waals surface area contributed by atoms with Crippen LogP contribution in [0.4, 0.5) is 5.69 Å². The number of rotatable bonds is 8. The van der Waals surface area contributed by atoms with Gasteiger partial charge in [0.25, 0.3) is 5.91 Å². The second-order valence-corrected chi connectivity index (χ2v) is 5.52. The molecule has 0 bridgehead atoms. The maximum atomic E-state index is 12.4. The molecule has 0 saturated heterocycles. The Morgan fingerprint density at radius 2 is 1.96 bits per heavy atom. The summed E-state index contributed by atoms with van der Waals surface area (Å²) in [7, 11) is 0. The van der Waals surface area contributed by atoms with Crippen molar-refractivity contribution >= 4 is 23.2 Å². The Labute approximate surface area is 147 Å². The third kappa shape index (κ3) is 4.86. The number of hydrogen-bond donors (Lipinski definition) is 1. The first-order valence-corrected chi connectivity index (χ1v) is 8.34. The predicted molar refractivity (Wildman–Crippen MR) is 95.2 cm³/mol. The van der Waals surface area contributed by atoms with Crippen LogP contribution in [0.5, 0.6) is 11.5 Å². The van der Waals surface area contributed by atoms with E-state index in [1.165, 1.54) is 0 Å². The predicted octanol–water partition coefficient (Wildman–Crippen LogP) is 4.56. The number of unbranched alkanes of at least 4 members (excludes halogenated alkanes) is 1. The first-order valence-electron chi connectivity index (χ1n) is 7.96. The SMILES string of the molecule is CCCCOc1c(Cl)cc(C(=O)Nc2ccncc2)cc1OCC. The highest BCUT2D eigenvalue weighted by atomic mass is 35.5. The molecule has 0 spiro atoms. The fraction of sp³-hybridized carbons (Fsp3) is 0.333. The molecule has 0 aliphatic rings. The summed E-state index contributed by atoms with van der Waals surface area (Å²) in [4.78, 5) is 16.3. The van der Waals surface area contributed by atoms with Crippen LogP contribution < -0.4 is 14.8 Å². The van der Waals surface area contributed by atoms with Crippen LogP contribution in [0.1, 0.15) is 37.0 Å². The summed E-state index contributed by atoms with van der Waals surface area (Å²) in [5.74, 6) is 0.678. The molecule has 0 fully saturated rings. The van der Waals surface area contributed by atoms with Crippen molar-refractivity contribution in [3.63, 3.8) is 0 Å². The van der Waals surface area contributed by atoms with E-state index in [9.17, 15) is 4.79 Å². The van der Waals surface area contributed by atoms with Gasteiger partial charge in [-0.05, 0) is 37.6 Å². The summed E-state index contributed by atoms with van der Waals surface area (Å²) in [6, 6.07) is 6.66. The molecule has 0 radical (unpaired) electrons. The normalized spacial score (nSPS) is 10.3. The largest absolute Gasteiger partial charge is 0.490 e. The van der Waals surface area contributed by atoms with Gasteiger partial charge in [0, 0.05) is 23.6 Å². The molecule has 1 N–H and O–H groups in total. The number of halogens is 1. The van der Waals surface area contributed by atoms with Gasteiger partial charge in [-0.25, -0.2) is 0 Å². The minimum atomic E-state index is -0.274. The quantitative estimate of drug-likeness (QED) is 0.710. The van der Waals surface area contributed by atoms with Crippen LogP contribution >= 0.6 is 11.6 Å². The molecule has 6 heteroatoms. The zero-order valence-electron chi connectivity index (χ0n) is 13.8. The van der Waals surface area contributed by atoms with Gasteiger partial charge in [-0.2, -0.15) is 0 Å². The highest BCUT2D eigenvalue weighted by Crippen LogP contribution is 2.37. The third-order valence-electron chi connectivity index (χ3n) is 3.25. The van der Waals surface area contributed by atoms with Gasteiger partial charge in [0.2, 0.25) is 0 Å². The summed E-state index contributed by atoms with van der Waals surface area (Å²) >= 11 is 6.30. The monoisotopic (exact) mass is 348 g/mol. The van der Waals surface area contributed by atoms with E-state index in [4.69, 9.17) is 21.1 Å². The lowest BCUT2D eigenvalue weighted by Crippen LogP contribution is -2.12. The summed E-state index contributed by atoms with van der Waals surface area (Å²) in [6.45, 7) is 4.96. The van der Waals surface area contributed by atoms with Crippen molar-refractivity contribution in [2.75, 3.05) is 18.5 Å². The van der Waals surface area contributed by atoms with Gasteiger partial charge in [-0.15, -0.1) is 0 Å². The third-order valence-corrected chi connectivity index (χ3v) is 3.53. The van der Waals surface area contributed by atoms with Crippen LogP contribution in [0.25, 0.3) is 0 Å². The molecule has 0 unspecified atom stereocenters. The van der Waals surface area contributed by atoms with Crippen molar-refractivity contribution in [1.29, 1.82) is 0 Å². The second kappa shape index (κ2) is 9.13. The lowest BCUT2D eigenvalue weighted by molar-refractivity contribution is 0.102. The van der Waals surface area contributed by atoms with E-state index in [2.05, 4.69) is 17.2 Å². The molecule has 5 nitrogen and oxygen atoms in total. The summed E-state index contributed by atoms with van der Waals surface area (Å²) in [6.07, 6.45) is 5.16. The van der Waals surface area contributed by atoms with Gasteiger partial charge in [0.1, 0.15) is 0 Å². The van der Waals surface area contributed by atoms with Gasteiger partial charge in [0.15, 0.2) is 11.5 Å². The van der Waals surface area contributed by atoms with Crippen molar-refractivity contribution in [3.8, 4) is 11.5 Å². The Bertz CT molecular complexity index is 677. The second-order valence-electron chi connectivity index (χ2n) is 5.11. The van der Waals surface area contributed by atoms with E-state index in [1.54, 1.807) is 36.7 Å². The van der Waals surface area contributed by atoms with Gasteiger partial charge >= 0.3 is 0 Å². The van der Waals surface area contributed by atoms with E-state index >= 15 is 0 Å². The van der Waals surface area contributed by atoms with E-state index in [1.807, 2.05) is 6.92 Å². The zero-order chi connectivity index (χ0) is 17.4. The van der Waals surface area contributed by atoms with Crippen LogP contribution in [0.2, 0.25) is 5.02 Å². The minimum absolute atomic E-state index is 0.274. The number of ether oxygens (including phenoxy) is 2. The minimum Gasteiger partial charge on any atom is -0.490 e. The number of amides is 1. The number of nitrogens with one attached hydrogen (secondary N) is 1. The molecule has 2 aromatic rings. The topological polar surface area (TPSA) is 60.5 Å². The number of pyridine rings is 1. The summed E-state index contributed by atoms with van der Waals surface area (Å²) < 4.78 is 11.3. The molecule has 1 aromatic heterocycles. The fourth-order valence-corrected chi connectivity index (χ4v) is 2.32. The summed E-state index contributed by atoms with van der Waals surface area (Å²) in [5, 5.41) is 3.15. The van der Waals surface area contributed by atoms with Gasteiger partial charge in [0.05, 0.1) is 18.2 Å². The Morgan fingerprint density at radius 3 is 2.62 bits per heavy atom. The van der Waals surface area contributed by atoms with Crippen molar-refractivity contribution in [2.24, 2.45) is 0 Å².